The molecule has 0 saturated carbocycles. The molecule has 1 aromatic rings. The summed E-state index contributed by atoms with van der Waals surface area (Å²) in [6, 6.07) is 7.84. The molecule has 4 rings (SSSR count). The fraction of sp³-hybridized carbons (Fsp3) is 0.438. The molecule has 0 radical (unpaired) electrons. The molecular weight excluding hydrogens is 222 g/mol. The summed E-state index contributed by atoms with van der Waals surface area (Å²) in [7, 11) is 0. The summed E-state index contributed by atoms with van der Waals surface area (Å²) < 4.78 is 0. The van der Waals surface area contributed by atoms with Crippen molar-refractivity contribution in [3.8, 4) is 0 Å². The first-order chi connectivity index (χ1) is 8.72. The average Bonchev–Trinajstić information content (AvgIpc) is 2.41. The molecule has 2 heteroatoms. The monoisotopic (exact) mass is 241 g/mol. The molecule has 3 fully saturated rings. The molecule has 3 aliphatic heterocycles. The smallest absolute Gasteiger partial charge is 0.187 e. The average molecular weight is 241 g/mol. The fourth-order valence-corrected chi connectivity index (χ4v) is 2.95. The minimum atomic E-state index is 0.151. The van der Waals surface area contributed by atoms with E-state index in [2.05, 4.69) is 4.90 Å². The van der Waals surface area contributed by atoms with E-state index in [1.54, 1.807) is 0 Å². The topological polar surface area (TPSA) is 20.3 Å². The van der Waals surface area contributed by atoms with E-state index in [-0.39, 0.29) is 5.78 Å². The molecule has 0 amide bonds. The Bertz CT molecular complexity index is 478. The Kier molecular flexibility index (Phi) is 2.94. The molecular formula is C16H19NO. The van der Waals surface area contributed by atoms with Gasteiger partial charge in [-0.05, 0) is 32.1 Å². The third-order valence-corrected chi connectivity index (χ3v) is 4.15. The third kappa shape index (κ3) is 2.20. The molecule has 3 heterocycles. The highest BCUT2D eigenvalue weighted by Crippen LogP contribution is 2.34. The van der Waals surface area contributed by atoms with Gasteiger partial charge in [0.05, 0.1) is 0 Å². The van der Waals surface area contributed by atoms with Crippen molar-refractivity contribution in [2.75, 3.05) is 13.1 Å². The van der Waals surface area contributed by atoms with Crippen LogP contribution in [0.4, 0.5) is 0 Å². The first-order valence-corrected chi connectivity index (χ1v) is 6.79. The van der Waals surface area contributed by atoms with Gasteiger partial charge in [0.15, 0.2) is 5.78 Å². The molecule has 0 N–H and O–H groups in total. The summed E-state index contributed by atoms with van der Waals surface area (Å²) >= 11 is 0. The normalized spacial score (nSPS) is 21.6. The highest BCUT2D eigenvalue weighted by atomic mass is 16.1. The largest absolute Gasteiger partial charge is 0.375 e. The Morgan fingerprint density at radius 2 is 1.89 bits per heavy atom. The number of carbonyl (C=O) groups is 1. The third-order valence-electron chi connectivity index (χ3n) is 4.15. The van der Waals surface area contributed by atoms with Crippen LogP contribution in [0.25, 0.3) is 0 Å². The maximum Gasteiger partial charge on any atom is 0.187 e. The van der Waals surface area contributed by atoms with Gasteiger partial charge in [0.2, 0.25) is 0 Å². The van der Waals surface area contributed by atoms with E-state index < -0.39 is 0 Å². The quantitative estimate of drug-likeness (QED) is 0.585. The summed E-state index contributed by atoms with van der Waals surface area (Å²) in [5, 5.41) is 0. The number of rotatable bonds is 2. The van der Waals surface area contributed by atoms with E-state index in [0.29, 0.717) is 0 Å². The number of aryl methyl sites for hydroxylation is 1. The summed E-state index contributed by atoms with van der Waals surface area (Å²) in [6.45, 7) is 4.31. The van der Waals surface area contributed by atoms with Crippen molar-refractivity contribution in [2.24, 2.45) is 5.92 Å². The first kappa shape index (κ1) is 11.5. The number of fused-ring (bicyclic) bond motifs is 3. The predicted molar refractivity (Wildman–Crippen MR) is 72.5 cm³/mol. The zero-order valence-corrected chi connectivity index (χ0v) is 10.9. The van der Waals surface area contributed by atoms with Gasteiger partial charge in [0, 0.05) is 30.4 Å². The predicted octanol–water partition coefficient (Wildman–Crippen LogP) is 3.18. The molecule has 0 atom stereocenters. The van der Waals surface area contributed by atoms with E-state index in [9.17, 15) is 4.79 Å². The fourth-order valence-electron chi connectivity index (χ4n) is 2.95. The SMILES string of the molecule is Cc1ccc(C(=O)/C=C2\CC3CCN2CC3)cc1. The van der Waals surface area contributed by atoms with Crippen LogP contribution in [-0.2, 0) is 0 Å². The van der Waals surface area contributed by atoms with Gasteiger partial charge in [0.25, 0.3) is 0 Å². The number of piperidine rings is 3. The molecule has 3 saturated heterocycles. The van der Waals surface area contributed by atoms with Crippen LogP contribution in [-0.4, -0.2) is 23.8 Å². The molecule has 0 aromatic heterocycles. The van der Waals surface area contributed by atoms with Gasteiger partial charge in [-0.3, -0.25) is 4.79 Å². The van der Waals surface area contributed by atoms with Crippen LogP contribution in [0.2, 0.25) is 0 Å². The molecule has 2 nitrogen and oxygen atoms in total. The number of hydrogen-bond donors (Lipinski definition) is 0. The van der Waals surface area contributed by atoms with E-state index in [0.717, 1.165) is 31.0 Å². The van der Waals surface area contributed by atoms with Crippen molar-refractivity contribution in [1.82, 2.24) is 4.90 Å². The molecule has 0 spiro atoms. The van der Waals surface area contributed by atoms with Crippen molar-refractivity contribution in [3.63, 3.8) is 0 Å². The van der Waals surface area contributed by atoms with E-state index in [1.807, 2.05) is 37.3 Å². The summed E-state index contributed by atoms with van der Waals surface area (Å²) in [5.41, 5.74) is 3.25. The second-order valence-electron chi connectivity index (χ2n) is 5.50. The molecule has 3 aliphatic rings. The molecule has 0 aliphatic carbocycles. The minimum absolute atomic E-state index is 0.151. The van der Waals surface area contributed by atoms with Gasteiger partial charge < -0.3 is 4.90 Å². The Morgan fingerprint density at radius 1 is 1.22 bits per heavy atom. The van der Waals surface area contributed by atoms with Gasteiger partial charge in [-0.15, -0.1) is 0 Å². The van der Waals surface area contributed by atoms with Crippen LogP contribution in [0.15, 0.2) is 36.0 Å². The lowest BCUT2D eigenvalue weighted by Gasteiger charge is -2.42. The van der Waals surface area contributed by atoms with Crippen LogP contribution in [0, 0.1) is 12.8 Å². The summed E-state index contributed by atoms with van der Waals surface area (Å²) in [5.74, 6) is 0.963. The Labute approximate surface area is 108 Å². The number of benzene rings is 1. The van der Waals surface area contributed by atoms with Gasteiger partial charge in [0.1, 0.15) is 0 Å². The minimum Gasteiger partial charge on any atom is -0.375 e. The second kappa shape index (κ2) is 4.60. The summed E-state index contributed by atoms with van der Waals surface area (Å²) in [4.78, 5) is 14.6. The van der Waals surface area contributed by atoms with Gasteiger partial charge in [-0.25, -0.2) is 0 Å². The Balaban J connectivity index is 1.79. The number of ketones is 1. The number of allylic oxidation sites excluding steroid dienone is 2. The second-order valence-corrected chi connectivity index (χ2v) is 5.50. The molecule has 94 valence electrons. The summed E-state index contributed by atoms with van der Waals surface area (Å²) in [6.07, 6.45) is 5.56. The molecule has 18 heavy (non-hydrogen) atoms. The number of hydrogen-bond acceptors (Lipinski definition) is 2. The van der Waals surface area contributed by atoms with Gasteiger partial charge in [-0.1, -0.05) is 29.8 Å². The van der Waals surface area contributed by atoms with Crippen LogP contribution in [0.1, 0.15) is 35.2 Å². The maximum absolute atomic E-state index is 12.2. The van der Waals surface area contributed by atoms with Crippen molar-refractivity contribution >= 4 is 5.78 Å². The van der Waals surface area contributed by atoms with E-state index in [4.69, 9.17) is 0 Å². The van der Waals surface area contributed by atoms with Crippen LogP contribution < -0.4 is 0 Å². The highest BCUT2D eigenvalue weighted by Gasteiger charge is 2.28. The van der Waals surface area contributed by atoms with Crippen LogP contribution >= 0.6 is 0 Å². The van der Waals surface area contributed by atoms with Crippen molar-refractivity contribution in [1.29, 1.82) is 0 Å². The molecule has 1 aromatic carbocycles. The highest BCUT2D eigenvalue weighted by molar-refractivity contribution is 6.04. The van der Waals surface area contributed by atoms with E-state index >= 15 is 0 Å². The lowest BCUT2D eigenvalue weighted by atomic mass is 9.85. The Hall–Kier alpha value is -1.57. The van der Waals surface area contributed by atoms with E-state index in [1.165, 1.54) is 24.1 Å². The van der Waals surface area contributed by atoms with Crippen molar-refractivity contribution < 1.29 is 4.79 Å². The molecule has 0 unspecified atom stereocenters. The number of nitrogens with zero attached hydrogens (tertiary/aromatic N) is 1. The Morgan fingerprint density at radius 3 is 2.44 bits per heavy atom. The maximum atomic E-state index is 12.2. The zero-order chi connectivity index (χ0) is 12.5. The first-order valence-electron chi connectivity index (χ1n) is 6.79. The van der Waals surface area contributed by atoms with Gasteiger partial charge in [-0.2, -0.15) is 0 Å². The van der Waals surface area contributed by atoms with Crippen LogP contribution in [0.5, 0.6) is 0 Å². The van der Waals surface area contributed by atoms with Crippen LogP contribution in [0.3, 0.4) is 0 Å². The van der Waals surface area contributed by atoms with Crippen molar-refractivity contribution in [2.45, 2.75) is 26.2 Å². The lowest BCUT2D eigenvalue weighted by molar-refractivity contribution is 0.103. The number of carbonyl (C=O) groups excluding carboxylic acids is 1. The standard InChI is InChI=1S/C16H19NO/c1-12-2-4-14(5-3-12)16(18)11-15-10-13-6-8-17(15)9-7-13/h2-5,11,13H,6-10H2,1H3/b15-11+. The van der Waals surface area contributed by atoms with Gasteiger partial charge >= 0.3 is 0 Å². The molecule has 2 bridgehead atoms. The zero-order valence-electron chi connectivity index (χ0n) is 10.9. The van der Waals surface area contributed by atoms with Crippen molar-refractivity contribution in [3.05, 3.63) is 47.2 Å². The lowest BCUT2D eigenvalue weighted by Crippen LogP contribution is -2.39.